The number of Topliss-reactive ketones (excluding diaryl/α,β-unsaturated/α-hetero) is 1. The Balaban J connectivity index is 1.80. The van der Waals surface area contributed by atoms with Gasteiger partial charge in [-0.15, -0.1) is 0 Å². The highest BCUT2D eigenvalue weighted by atomic mass is 79.9. The van der Waals surface area contributed by atoms with Crippen molar-refractivity contribution in [2.45, 2.75) is 5.92 Å². The van der Waals surface area contributed by atoms with Crippen LogP contribution in [0.1, 0.15) is 11.5 Å². The lowest BCUT2D eigenvalue weighted by molar-refractivity contribution is -0.138. The molecule has 1 atom stereocenters. The van der Waals surface area contributed by atoms with E-state index in [1.165, 1.54) is 0 Å². The standard InChI is InChI=1S/C16H11BrN2O3/c17-9-5-7-10(8-6-9)18-16(22)14(20)13-11-3-1-2-4-12(11)19-15(13)21/h1-8,13H,(H,18,22)(H,19,21)/t13-/m0/s1. The van der Waals surface area contributed by atoms with Crippen LogP contribution in [0, 0.1) is 0 Å². The predicted octanol–water partition coefficient (Wildman–Crippen LogP) is 2.69. The summed E-state index contributed by atoms with van der Waals surface area (Å²) < 4.78 is 0.862. The van der Waals surface area contributed by atoms with Crippen molar-refractivity contribution in [2.75, 3.05) is 10.6 Å². The lowest BCUT2D eigenvalue weighted by Gasteiger charge is -2.08. The molecule has 0 aromatic heterocycles. The normalized spacial score (nSPS) is 15.9. The van der Waals surface area contributed by atoms with Crippen LogP contribution in [0.4, 0.5) is 11.4 Å². The van der Waals surface area contributed by atoms with Gasteiger partial charge >= 0.3 is 0 Å². The largest absolute Gasteiger partial charge is 0.325 e. The van der Waals surface area contributed by atoms with Gasteiger partial charge < -0.3 is 10.6 Å². The first-order chi connectivity index (χ1) is 10.6. The van der Waals surface area contributed by atoms with Gasteiger partial charge in [-0.05, 0) is 35.9 Å². The van der Waals surface area contributed by atoms with Gasteiger partial charge in [-0.3, -0.25) is 14.4 Å². The second kappa shape index (κ2) is 5.73. The Morgan fingerprint density at radius 2 is 1.73 bits per heavy atom. The molecule has 0 aliphatic carbocycles. The molecule has 0 radical (unpaired) electrons. The van der Waals surface area contributed by atoms with E-state index < -0.39 is 23.5 Å². The number of rotatable bonds is 3. The molecule has 2 aromatic carbocycles. The minimum Gasteiger partial charge on any atom is -0.325 e. The van der Waals surface area contributed by atoms with Crippen LogP contribution in [-0.4, -0.2) is 17.6 Å². The van der Waals surface area contributed by atoms with Gasteiger partial charge in [0.15, 0.2) is 0 Å². The van der Waals surface area contributed by atoms with E-state index >= 15 is 0 Å². The van der Waals surface area contributed by atoms with Gasteiger partial charge in [0, 0.05) is 15.8 Å². The summed E-state index contributed by atoms with van der Waals surface area (Å²) >= 11 is 3.29. The van der Waals surface area contributed by atoms with Crippen molar-refractivity contribution >= 4 is 44.9 Å². The smallest absolute Gasteiger partial charge is 0.292 e. The summed E-state index contributed by atoms with van der Waals surface area (Å²) in [5.41, 5.74) is 1.60. The topological polar surface area (TPSA) is 75.3 Å². The van der Waals surface area contributed by atoms with Crippen LogP contribution in [0.5, 0.6) is 0 Å². The number of nitrogens with one attached hydrogen (secondary N) is 2. The highest BCUT2D eigenvalue weighted by molar-refractivity contribution is 9.10. The van der Waals surface area contributed by atoms with Crippen LogP contribution < -0.4 is 10.6 Å². The number of carbonyl (C=O) groups is 3. The van der Waals surface area contributed by atoms with Gasteiger partial charge in [-0.1, -0.05) is 34.1 Å². The highest BCUT2D eigenvalue weighted by Crippen LogP contribution is 2.32. The van der Waals surface area contributed by atoms with E-state index in [1.807, 2.05) is 0 Å². The number of halogens is 1. The Morgan fingerprint density at radius 1 is 1.05 bits per heavy atom. The van der Waals surface area contributed by atoms with Crippen molar-refractivity contribution in [3.8, 4) is 0 Å². The lowest BCUT2D eigenvalue weighted by Crippen LogP contribution is -2.31. The fourth-order valence-corrected chi connectivity index (χ4v) is 2.59. The molecule has 0 spiro atoms. The number of carbonyl (C=O) groups excluding carboxylic acids is 3. The number of para-hydroxylation sites is 1. The van der Waals surface area contributed by atoms with Gasteiger partial charge in [0.25, 0.3) is 5.91 Å². The predicted molar refractivity (Wildman–Crippen MR) is 85.6 cm³/mol. The number of fused-ring (bicyclic) bond motifs is 1. The Bertz CT molecular complexity index is 771. The zero-order valence-corrected chi connectivity index (χ0v) is 12.9. The fraction of sp³-hybridized carbons (Fsp3) is 0.0625. The second-order valence-corrected chi connectivity index (χ2v) is 5.75. The number of hydrogen-bond acceptors (Lipinski definition) is 3. The molecule has 110 valence electrons. The molecule has 3 rings (SSSR count). The number of benzene rings is 2. The maximum absolute atomic E-state index is 12.3. The van der Waals surface area contributed by atoms with E-state index in [0.717, 1.165) is 4.47 Å². The SMILES string of the molecule is O=C(Nc1ccc(Br)cc1)C(=O)[C@H]1C(=O)Nc2ccccc21. The lowest BCUT2D eigenvalue weighted by atomic mass is 9.95. The molecule has 0 bridgehead atoms. The van der Waals surface area contributed by atoms with Crippen LogP contribution in [0.15, 0.2) is 53.0 Å². The maximum atomic E-state index is 12.3. The summed E-state index contributed by atoms with van der Waals surface area (Å²) in [7, 11) is 0. The van der Waals surface area contributed by atoms with Crippen LogP contribution in [0.3, 0.4) is 0 Å². The van der Waals surface area contributed by atoms with Crippen molar-refractivity contribution in [1.29, 1.82) is 0 Å². The van der Waals surface area contributed by atoms with E-state index in [9.17, 15) is 14.4 Å². The first kappa shape index (κ1) is 14.5. The van der Waals surface area contributed by atoms with E-state index in [0.29, 0.717) is 16.9 Å². The summed E-state index contributed by atoms with van der Waals surface area (Å²) in [6, 6.07) is 13.7. The third kappa shape index (κ3) is 2.65. The monoisotopic (exact) mass is 358 g/mol. The van der Waals surface area contributed by atoms with Crippen LogP contribution >= 0.6 is 15.9 Å². The molecule has 6 heteroatoms. The zero-order valence-electron chi connectivity index (χ0n) is 11.3. The van der Waals surface area contributed by atoms with Crippen LogP contribution in [0.2, 0.25) is 0 Å². The Hall–Kier alpha value is -2.47. The van der Waals surface area contributed by atoms with Crippen LogP contribution in [0.25, 0.3) is 0 Å². The molecule has 1 aliphatic rings. The Kier molecular flexibility index (Phi) is 3.77. The third-order valence-corrected chi connectivity index (χ3v) is 3.91. The van der Waals surface area contributed by atoms with Gasteiger partial charge in [0.2, 0.25) is 11.7 Å². The molecule has 2 N–H and O–H groups in total. The average Bonchev–Trinajstić information content (AvgIpc) is 2.84. The van der Waals surface area contributed by atoms with Crippen molar-refractivity contribution in [3.05, 3.63) is 58.6 Å². The number of ketones is 1. The Morgan fingerprint density at radius 3 is 2.45 bits per heavy atom. The first-order valence-corrected chi connectivity index (χ1v) is 7.36. The van der Waals surface area contributed by atoms with Gasteiger partial charge in [-0.25, -0.2) is 0 Å². The number of anilines is 2. The summed E-state index contributed by atoms with van der Waals surface area (Å²) in [5.74, 6) is -3.15. The fourth-order valence-electron chi connectivity index (χ4n) is 2.33. The maximum Gasteiger partial charge on any atom is 0.292 e. The minimum absolute atomic E-state index is 0.475. The number of amides is 2. The summed E-state index contributed by atoms with van der Waals surface area (Å²) in [6.45, 7) is 0. The highest BCUT2D eigenvalue weighted by Gasteiger charge is 2.39. The average molecular weight is 359 g/mol. The van der Waals surface area contributed by atoms with Crippen molar-refractivity contribution < 1.29 is 14.4 Å². The van der Waals surface area contributed by atoms with E-state index in [1.54, 1.807) is 48.5 Å². The molecule has 1 aliphatic heterocycles. The molecule has 1 heterocycles. The third-order valence-electron chi connectivity index (χ3n) is 3.38. The number of hydrogen-bond donors (Lipinski definition) is 2. The van der Waals surface area contributed by atoms with E-state index in [2.05, 4.69) is 26.6 Å². The van der Waals surface area contributed by atoms with E-state index in [4.69, 9.17) is 0 Å². The molecule has 5 nitrogen and oxygen atoms in total. The van der Waals surface area contributed by atoms with Crippen molar-refractivity contribution in [3.63, 3.8) is 0 Å². The molecule has 0 saturated heterocycles. The Labute approximate surface area is 134 Å². The molecule has 0 fully saturated rings. The van der Waals surface area contributed by atoms with Gasteiger partial charge in [-0.2, -0.15) is 0 Å². The summed E-state index contributed by atoms with van der Waals surface area (Å²) in [6.07, 6.45) is 0. The van der Waals surface area contributed by atoms with Gasteiger partial charge in [0.1, 0.15) is 5.92 Å². The summed E-state index contributed by atoms with van der Waals surface area (Å²) in [4.78, 5) is 36.4. The molecule has 2 amide bonds. The molecule has 22 heavy (non-hydrogen) atoms. The molecule has 0 saturated carbocycles. The molecule has 0 unspecified atom stereocenters. The molecular formula is C16H11BrN2O3. The minimum atomic E-state index is -1.09. The van der Waals surface area contributed by atoms with Gasteiger partial charge in [0.05, 0.1) is 0 Å². The van der Waals surface area contributed by atoms with E-state index in [-0.39, 0.29) is 0 Å². The van der Waals surface area contributed by atoms with Crippen LogP contribution in [-0.2, 0) is 14.4 Å². The first-order valence-electron chi connectivity index (χ1n) is 6.57. The quantitative estimate of drug-likeness (QED) is 0.654. The zero-order chi connectivity index (χ0) is 15.7. The summed E-state index contributed by atoms with van der Waals surface area (Å²) in [5, 5.41) is 5.12. The van der Waals surface area contributed by atoms with Crippen molar-refractivity contribution in [2.24, 2.45) is 0 Å². The second-order valence-electron chi connectivity index (χ2n) is 4.83. The molecule has 2 aromatic rings. The van der Waals surface area contributed by atoms with Crippen molar-refractivity contribution in [1.82, 2.24) is 0 Å². The molecular weight excluding hydrogens is 348 g/mol.